The second-order valence-corrected chi connectivity index (χ2v) is 5.29. The Bertz CT molecular complexity index is 519. The van der Waals surface area contributed by atoms with Gasteiger partial charge in [-0.15, -0.1) is 11.6 Å². The lowest BCUT2D eigenvalue weighted by Crippen LogP contribution is -2.24. The van der Waals surface area contributed by atoms with Crippen LogP contribution in [0.1, 0.15) is 13.3 Å². The van der Waals surface area contributed by atoms with E-state index in [2.05, 4.69) is 5.32 Å². The van der Waals surface area contributed by atoms with Crippen LogP contribution in [0.4, 0.5) is 11.4 Å². The molecule has 0 bridgehead atoms. The van der Waals surface area contributed by atoms with Gasteiger partial charge in [-0.2, -0.15) is 0 Å². The number of alkyl halides is 1. The largest absolute Gasteiger partial charge is 0.325 e. The van der Waals surface area contributed by atoms with E-state index in [1.165, 1.54) is 6.92 Å². The average Bonchev–Trinajstić information content (AvgIpc) is 2.73. The van der Waals surface area contributed by atoms with Crippen LogP contribution in [0.25, 0.3) is 0 Å². The molecule has 1 unspecified atom stereocenters. The summed E-state index contributed by atoms with van der Waals surface area (Å²) in [6, 6.07) is 5.15. The van der Waals surface area contributed by atoms with Gasteiger partial charge in [-0.25, -0.2) is 0 Å². The van der Waals surface area contributed by atoms with Crippen molar-refractivity contribution >= 4 is 46.4 Å². The van der Waals surface area contributed by atoms with E-state index >= 15 is 0 Å². The van der Waals surface area contributed by atoms with E-state index in [-0.39, 0.29) is 17.7 Å². The van der Waals surface area contributed by atoms with Crippen molar-refractivity contribution < 1.29 is 9.59 Å². The first kappa shape index (κ1) is 14.2. The van der Waals surface area contributed by atoms with Gasteiger partial charge < -0.3 is 10.2 Å². The van der Waals surface area contributed by atoms with Gasteiger partial charge in [-0.3, -0.25) is 9.59 Å². The second-order valence-electron chi connectivity index (χ2n) is 4.57. The molecule has 0 radical (unpaired) electrons. The van der Waals surface area contributed by atoms with Crippen LogP contribution >= 0.6 is 23.2 Å². The highest BCUT2D eigenvalue weighted by Crippen LogP contribution is 2.31. The highest BCUT2D eigenvalue weighted by molar-refractivity contribution is 6.34. The van der Waals surface area contributed by atoms with Gasteiger partial charge in [0, 0.05) is 31.5 Å². The van der Waals surface area contributed by atoms with E-state index < -0.39 is 0 Å². The third-order valence-corrected chi connectivity index (χ3v) is 3.75. The Morgan fingerprint density at radius 1 is 1.53 bits per heavy atom. The molecule has 1 atom stereocenters. The Morgan fingerprint density at radius 3 is 2.79 bits per heavy atom. The molecule has 0 aliphatic carbocycles. The van der Waals surface area contributed by atoms with Crippen molar-refractivity contribution in [1.29, 1.82) is 0 Å². The summed E-state index contributed by atoms with van der Waals surface area (Å²) in [5.74, 6) is 0.519. The molecule has 6 heteroatoms. The third-order valence-electron chi connectivity index (χ3n) is 3.00. The molecule has 1 aliphatic heterocycles. The molecule has 1 heterocycles. The van der Waals surface area contributed by atoms with Crippen LogP contribution in [-0.2, 0) is 9.59 Å². The maximum atomic E-state index is 11.9. The first-order chi connectivity index (χ1) is 9.01. The molecule has 19 heavy (non-hydrogen) atoms. The number of rotatable bonds is 3. The van der Waals surface area contributed by atoms with Crippen LogP contribution < -0.4 is 10.2 Å². The normalized spacial score (nSPS) is 18.8. The van der Waals surface area contributed by atoms with E-state index in [1.54, 1.807) is 23.1 Å². The fourth-order valence-electron chi connectivity index (χ4n) is 2.10. The average molecular weight is 301 g/mol. The summed E-state index contributed by atoms with van der Waals surface area (Å²) < 4.78 is 0. The van der Waals surface area contributed by atoms with Crippen molar-refractivity contribution in [2.75, 3.05) is 22.6 Å². The molecule has 0 saturated carbocycles. The van der Waals surface area contributed by atoms with Gasteiger partial charge in [-0.1, -0.05) is 11.6 Å². The van der Waals surface area contributed by atoms with E-state index in [0.29, 0.717) is 29.6 Å². The van der Waals surface area contributed by atoms with Gasteiger partial charge in [-0.05, 0) is 24.1 Å². The summed E-state index contributed by atoms with van der Waals surface area (Å²) in [7, 11) is 0. The summed E-state index contributed by atoms with van der Waals surface area (Å²) in [6.45, 7) is 2.03. The standard InChI is InChI=1S/C13H14Cl2N2O2/c1-8(18)16-12-3-2-10(5-11(12)15)17-7-9(6-14)4-13(17)19/h2-3,5,9H,4,6-7H2,1H3,(H,16,18). The SMILES string of the molecule is CC(=O)Nc1ccc(N2CC(CCl)CC2=O)cc1Cl. The van der Waals surface area contributed by atoms with Crippen molar-refractivity contribution in [2.24, 2.45) is 5.92 Å². The van der Waals surface area contributed by atoms with Gasteiger partial charge in [0.25, 0.3) is 0 Å². The molecule has 1 N–H and O–H groups in total. The van der Waals surface area contributed by atoms with Gasteiger partial charge in [0.15, 0.2) is 0 Å². The number of nitrogens with one attached hydrogen (secondary N) is 1. The van der Waals surface area contributed by atoms with Gasteiger partial charge in [0.05, 0.1) is 10.7 Å². The predicted octanol–water partition coefficient (Wildman–Crippen LogP) is 2.89. The molecule has 1 fully saturated rings. The molecule has 102 valence electrons. The monoisotopic (exact) mass is 300 g/mol. The van der Waals surface area contributed by atoms with Crippen LogP contribution in [0.15, 0.2) is 18.2 Å². The lowest BCUT2D eigenvalue weighted by atomic mass is 10.1. The first-order valence-electron chi connectivity index (χ1n) is 5.94. The molecule has 2 amide bonds. The molecule has 2 rings (SSSR count). The second kappa shape index (κ2) is 5.80. The van der Waals surface area contributed by atoms with E-state index in [1.807, 2.05) is 0 Å². The summed E-state index contributed by atoms with van der Waals surface area (Å²) >= 11 is 11.9. The van der Waals surface area contributed by atoms with E-state index in [0.717, 1.165) is 5.69 Å². The number of amides is 2. The number of carbonyl (C=O) groups is 2. The molecule has 0 spiro atoms. The molecule has 4 nitrogen and oxygen atoms in total. The van der Waals surface area contributed by atoms with Crippen molar-refractivity contribution in [2.45, 2.75) is 13.3 Å². The van der Waals surface area contributed by atoms with Crippen molar-refractivity contribution in [3.63, 3.8) is 0 Å². The Labute approximate surface area is 121 Å². The minimum Gasteiger partial charge on any atom is -0.325 e. The summed E-state index contributed by atoms with van der Waals surface area (Å²) in [5.41, 5.74) is 1.27. The molecule has 1 saturated heterocycles. The lowest BCUT2D eigenvalue weighted by molar-refractivity contribution is -0.117. The number of benzene rings is 1. The highest BCUT2D eigenvalue weighted by atomic mass is 35.5. The smallest absolute Gasteiger partial charge is 0.227 e. The maximum absolute atomic E-state index is 11.9. The molecule has 1 aliphatic rings. The lowest BCUT2D eigenvalue weighted by Gasteiger charge is -2.17. The quantitative estimate of drug-likeness (QED) is 0.873. The molecule has 0 aromatic heterocycles. The number of halogens is 2. The molecular weight excluding hydrogens is 287 g/mol. The van der Waals surface area contributed by atoms with Gasteiger partial charge >= 0.3 is 0 Å². The number of anilines is 2. The van der Waals surface area contributed by atoms with Crippen LogP contribution in [0.2, 0.25) is 5.02 Å². The topological polar surface area (TPSA) is 49.4 Å². The zero-order chi connectivity index (χ0) is 14.0. The minimum absolute atomic E-state index is 0.0500. The van der Waals surface area contributed by atoms with Crippen molar-refractivity contribution in [3.05, 3.63) is 23.2 Å². The number of hydrogen-bond acceptors (Lipinski definition) is 2. The number of hydrogen-bond donors (Lipinski definition) is 1. The summed E-state index contributed by atoms with van der Waals surface area (Å²) in [5, 5.41) is 3.04. The molecule has 1 aromatic rings. The fourth-order valence-corrected chi connectivity index (χ4v) is 2.53. The number of nitrogens with zero attached hydrogens (tertiary/aromatic N) is 1. The van der Waals surface area contributed by atoms with Gasteiger partial charge in [0.2, 0.25) is 11.8 Å². The van der Waals surface area contributed by atoms with Crippen LogP contribution in [0.5, 0.6) is 0 Å². The fraction of sp³-hybridized carbons (Fsp3) is 0.385. The highest BCUT2D eigenvalue weighted by Gasteiger charge is 2.30. The van der Waals surface area contributed by atoms with Crippen LogP contribution in [-0.4, -0.2) is 24.2 Å². The Balaban J connectivity index is 2.20. The Morgan fingerprint density at radius 2 is 2.26 bits per heavy atom. The zero-order valence-electron chi connectivity index (χ0n) is 10.5. The predicted molar refractivity (Wildman–Crippen MR) is 76.9 cm³/mol. The Hall–Kier alpha value is -1.26. The van der Waals surface area contributed by atoms with Gasteiger partial charge in [0.1, 0.15) is 0 Å². The zero-order valence-corrected chi connectivity index (χ0v) is 12.0. The summed E-state index contributed by atoms with van der Waals surface area (Å²) in [6.07, 6.45) is 0.467. The summed E-state index contributed by atoms with van der Waals surface area (Å²) in [4.78, 5) is 24.5. The van der Waals surface area contributed by atoms with Crippen LogP contribution in [0, 0.1) is 5.92 Å². The van der Waals surface area contributed by atoms with Crippen molar-refractivity contribution in [1.82, 2.24) is 0 Å². The molecule has 1 aromatic carbocycles. The number of carbonyl (C=O) groups excluding carboxylic acids is 2. The van der Waals surface area contributed by atoms with E-state index in [9.17, 15) is 9.59 Å². The van der Waals surface area contributed by atoms with Crippen LogP contribution in [0.3, 0.4) is 0 Å². The Kier molecular flexibility index (Phi) is 4.32. The van der Waals surface area contributed by atoms with E-state index in [4.69, 9.17) is 23.2 Å². The molecular formula is C13H14Cl2N2O2. The minimum atomic E-state index is -0.186. The maximum Gasteiger partial charge on any atom is 0.227 e. The first-order valence-corrected chi connectivity index (χ1v) is 6.86. The third kappa shape index (κ3) is 3.19. The van der Waals surface area contributed by atoms with Crippen molar-refractivity contribution in [3.8, 4) is 0 Å².